The van der Waals surface area contributed by atoms with Crippen molar-refractivity contribution in [3.63, 3.8) is 0 Å². The number of imide groups is 1. The zero-order valence-electron chi connectivity index (χ0n) is 14.9. The van der Waals surface area contributed by atoms with Crippen molar-refractivity contribution in [2.75, 3.05) is 11.9 Å². The van der Waals surface area contributed by atoms with Gasteiger partial charge in [0.25, 0.3) is 5.91 Å². The van der Waals surface area contributed by atoms with Gasteiger partial charge >= 0.3 is 6.03 Å². The first-order valence-corrected chi connectivity index (χ1v) is 9.10. The molecule has 4 amide bonds. The van der Waals surface area contributed by atoms with Crippen LogP contribution in [-0.4, -0.2) is 29.3 Å². The minimum atomic E-state index is -1.14. The number of rotatable bonds is 6. The summed E-state index contributed by atoms with van der Waals surface area (Å²) >= 11 is 6.03. The van der Waals surface area contributed by atoms with E-state index in [1.165, 1.54) is 0 Å². The van der Waals surface area contributed by atoms with Crippen molar-refractivity contribution >= 4 is 35.1 Å². The number of nitrogens with zero attached hydrogens (tertiary/aromatic N) is 1. The van der Waals surface area contributed by atoms with Gasteiger partial charge < -0.3 is 10.6 Å². The van der Waals surface area contributed by atoms with Gasteiger partial charge in [-0.25, -0.2) is 4.79 Å². The zero-order valence-corrected chi connectivity index (χ0v) is 15.6. The number of hydrogen-bond donors (Lipinski definition) is 2. The van der Waals surface area contributed by atoms with Crippen molar-refractivity contribution in [2.24, 2.45) is 0 Å². The summed E-state index contributed by atoms with van der Waals surface area (Å²) in [7, 11) is 0. The molecule has 1 saturated heterocycles. The fraction of sp³-hybridized carbons (Fsp3) is 0.250. The Balaban J connectivity index is 1.81. The highest BCUT2D eigenvalue weighted by Crippen LogP contribution is 2.33. The molecule has 7 heteroatoms. The van der Waals surface area contributed by atoms with Crippen LogP contribution in [-0.2, 0) is 15.1 Å². The Morgan fingerprint density at radius 2 is 1.78 bits per heavy atom. The molecule has 1 atom stereocenters. The Labute approximate surface area is 162 Å². The van der Waals surface area contributed by atoms with Crippen molar-refractivity contribution in [2.45, 2.75) is 25.3 Å². The van der Waals surface area contributed by atoms with Gasteiger partial charge in [-0.05, 0) is 24.1 Å². The van der Waals surface area contributed by atoms with Crippen molar-refractivity contribution in [1.29, 1.82) is 0 Å². The SMILES string of the molecule is CCC[C@@]1(c2ccccc2)NC(=O)N(CC(=O)Nc2ccccc2Cl)C1=O. The third kappa shape index (κ3) is 3.66. The Bertz CT molecular complexity index is 872. The maximum Gasteiger partial charge on any atom is 0.325 e. The lowest BCUT2D eigenvalue weighted by molar-refractivity contribution is -0.134. The van der Waals surface area contributed by atoms with Gasteiger partial charge in [0.2, 0.25) is 5.91 Å². The molecule has 1 aliphatic rings. The average molecular weight is 386 g/mol. The topological polar surface area (TPSA) is 78.5 Å². The number of hydrogen-bond acceptors (Lipinski definition) is 3. The van der Waals surface area contributed by atoms with Crippen LogP contribution in [0.5, 0.6) is 0 Å². The second-order valence-corrected chi connectivity index (χ2v) is 6.78. The minimum absolute atomic E-state index is 0.381. The number of para-hydroxylation sites is 1. The summed E-state index contributed by atoms with van der Waals surface area (Å²) in [5.74, 6) is -0.915. The smallest absolute Gasteiger partial charge is 0.323 e. The van der Waals surface area contributed by atoms with Gasteiger partial charge in [0.1, 0.15) is 12.1 Å². The van der Waals surface area contributed by atoms with E-state index in [0.717, 1.165) is 4.90 Å². The number of halogens is 1. The number of urea groups is 1. The predicted octanol–water partition coefficient (Wildman–Crippen LogP) is 3.53. The molecule has 140 valence electrons. The predicted molar refractivity (Wildman–Crippen MR) is 103 cm³/mol. The van der Waals surface area contributed by atoms with Crippen LogP contribution in [0.2, 0.25) is 5.02 Å². The van der Waals surface area contributed by atoms with Gasteiger partial charge in [0, 0.05) is 0 Å². The zero-order chi connectivity index (χ0) is 19.4. The molecule has 0 unspecified atom stereocenters. The van der Waals surface area contributed by atoms with Crippen LogP contribution in [0.25, 0.3) is 0 Å². The van der Waals surface area contributed by atoms with Gasteiger partial charge in [-0.15, -0.1) is 0 Å². The van der Waals surface area contributed by atoms with E-state index >= 15 is 0 Å². The molecule has 0 aliphatic carbocycles. The summed E-state index contributed by atoms with van der Waals surface area (Å²) in [5.41, 5.74) is -0.00378. The van der Waals surface area contributed by atoms with E-state index < -0.39 is 23.4 Å². The van der Waals surface area contributed by atoms with Crippen LogP contribution in [0.1, 0.15) is 25.3 Å². The van der Waals surface area contributed by atoms with E-state index in [0.29, 0.717) is 29.1 Å². The molecular weight excluding hydrogens is 366 g/mol. The van der Waals surface area contributed by atoms with Crippen LogP contribution < -0.4 is 10.6 Å². The second kappa shape index (κ2) is 7.80. The van der Waals surface area contributed by atoms with Gasteiger partial charge in [0.05, 0.1) is 10.7 Å². The quantitative estimate of drug-likeness (QED) is 0.746. The first kappa shape index (κ1) is 18.9. The molecule has 0 aromatic heterocycles. The summed E-state index contributed by atoms with van der Waals surface area (Å²) in [6.45, 7) is 1.56. The third-order valence-electron chi connectivity index (χ3n) is 4.52. The molecule has 2 aromatic rings. The van der Waals surface area contributed by atoms with Crippen molar-refractivity contribution < 1.29 is 14.4 Å². The van der Waals surface area contributed by atoms with Gasteiger partial charge in [0.15, 0.2) is 0 Å². The summed E-state index contributed by atoms with van der Waals surface area (Å²) in [5, 5.41) is 5.81. The highest BCUT2D eigenvalue weighted by atomic mass is 35.5. The number of amides is 4. The van der Waals surface area contributed by atoms with Crippen molar-refractivity contribution in [3.8, 4) is 0 Å². The highest BCUT2D eigenvalue weighted by Gasteiger charge is 2.52. The standard InChI is InChI=1S/C20H20ClN3O3/c1-2-12-20(14-8-4-3-5-9-14)18(26)24(19(27)23-20)13-17(25)22-16-11-7-6-10-15(16)21/h3-11H,2,12-13H2,1H3,(H,22,25)(H,23,27)/t20-/m0/s1. The van der Waals surface area contributed by atoms with Crippen molar-refractivity contribution in [3.05, 3.63) is 65.2 Å². The molecule has 0 spiro atoms. The summed E-state index contributed by atoms with van der Waals surface area (Å²) < 4.78 is 0. The normalized spacial score (nSPS) is 19.1. The Hall–Kier alpha value is -2.86. The fourth-order valence-electron chi connectivity index (χ4n) is 3.27. The van der Waals surface area contributed by atoms with Crippen LogP contribution in [0, 0.1) is 0 Å². The van der Waals surface area contributed by atoms with Gasteiger partial charge in [-0.1, -0.05) is 67.4 Å². The number of carbonyl (C=O) groups is 3. The first-order chi connectivity index (χ1) is 13.0. The maximum atomic E-state index is 13.1. The fourth-order valence-corrected chi connectivity index (χ4v) is 3.46. The Morgan fingerprint density at radius 3 is 2.44 bits per heavy atom. The van der Waals surface area contributed by atoms with Crippen molar-refractivity contribution in [1.82, 2.24) is 10.2 Å². The van der Waals surface area contributed by atoms with Gasteiger partial charge in [-0.2, -0.15) is 0 Å². The molecule has 2 N–H and O–H groups in total. The monoisotopic (exact) mass is 385 g/mol. The third-order valence-corrected chi connectivity index (χ3v) is 4.85. The lowest BCUT2D eigenvalue weighted by atomic mass is 9.85. The second-order valence-electron chi connectivity index (χ2n) is 6.37. The molecular formula is C20H20ClN3O3. The average Bonchev–Trinajstić information content (AvgIpc) is 2.90. The van der Waals surface area contributed by atoms with Crippen LogP contribution in [0.15, 0.2) is 54.6 Å². The molecule has 27 heavy (non-hydrogen) atoms. The summed E-state index contributed by atoms with van der Waals surface area (Å²) in [4.78, 5) is 38.9. The first-order valence-electron chi connectivity index (χ1n) is 8.72. The van der Waals surface area contributed by atoms with Gasteiger partial charge in [-0.3, -0.25) is 14.5 Å². The Kier molecular flexibility index (Phi) is 5.46. The molecule has 0 radical (unpaired) electrons. The number of carbonyl (C=O) groups excluding carboxylic acids is 3. The van der Waals surface area contributed by atoms with E-state index in [9.17, 15) is 14.4 Å². The number of anilines is 1. The minimum Gasteiger partial charge on any atom is -0.323 e. The summed E-state index contributed by atoms with van der Waals surface area (Å²) in [6.07, 6.45) is 1.14. The van der Waals surface area contributed by atoms with Crippen LogP contribution >= 0.6 is 11.6 Å². The van der Waals surface area contributed by atoms with E-state index in [1.807, 2.05) is 25.1 Å². The van der Waals surface area contributed by atoms with E-state index in [4.69, 9.17) is 11.6 Å². The summed E-state index contributed by atoms with van der Waals surface area (Å²) in [6, 6.07) is 15.3. The molecule has 1 heterocycles. The van der Waals surface area contributed by atoms with Crippen LogP contribution in [0.4, 0.5) is 10.5 Å². The molecule has 0 bridgehead atoms. The number of benzene rings is 2. The lowest BCUT2D eigenvalue weighted by Crippen LogP contribution is -2.44. The molecule has 0 saturated carbocycles. The van der Waals surface area contributed by atoms with E-state index in [-0.39, 0.29) is 6.54 Å². The molecule has 3 rings (SSSR count). The molecule has 1 aliphatic heterocycles. The molecule has 1 fully saturated rings. The highest BCUT2D eigenvalue weighted by molar-refractivity contribution is 6.33. The van der Waals surface area contributed by atoms with E-state index in [2.05, 4.69) is 10.6 Å². The van der Waals surface area contributed by atoms with E-state index in [1.54, 1.807) is 36.4 Å². The number of nitrogens with one attached hydrogen (secondary N) is 2. The van der Waals surface area contributed by atoms with Crippen LogP contribution in [0.3, 0.4) is 0 Å². The largest absolute Gasteiger partial charge is 0.325 e. The molecule has 6 nitrogen and oxygen atoms in total. The molecule has 2 aromatic carbocycles. The Morgan fingerprint density at radius 1 is 1.11 bits per heavy atom. The maximum absolute atomic E-state index is 13.1. The lowest BCUT2D eigenvalue weighted by Gasteiger charge is -2.26.